The Balaban J connectivity index is 0.00000182. The number of thiophene rings is 1. The smallest absolute Gasteiger partial charge is 0.263 e. The van der Waals surface area contributed by atoms with E-state index in [2.05, 4.69) is 5.32 Å². The minimum absolute atomic E-state index is 0. The van der Waals surface area contributed by atoms with Gasteiger partial charge < -0.3 is 10.2 Å². The highest BCUT2D eigenvalue weighted by Crippen LogP contribution is 2.31. The third kappa shape index (κ3) is 3.89. The van der Waals surface area contributed by atoms with E-state index in [1.165, 1.54) is 23.5 Å². The number of rotatable bonds is 2. The molecular formula is C19H22ClFN2OS. The number of halogens is 2. The summed E-state index contributed by atoms with van der Waals surface area (Å²) in [6, 6.07) is 10.3. The molecule has 6 heteroatoms. The number of nitrogens with one attached hydrogen (secondary N) is 1. The van der Waals surface area contributed by atoms with Crippen molar-refractivity contribution in [3.63, 3.8) is 0 Å². The van der Waals surface area contributed by atoms with Crippen LogP contribution in [-0.2, 0) is 0 Å². The van der Waals surface area contributed by atoms with E-state index in [1.54, 1.807) is 12.1 Å². The van der Waals surface area contributed by atoms with Gasteiger partial charge in [0.05, 0.1) is 4.88 Å². The number of fused-ring (bicyclic) bond motifs is 1. The lowest BCUT2D eigenvalue weighted by Crippen LogP contribution is -2.32. The number of benzene rings is 1. The highest BCUT2D eigenvalue weighted by atomic mass is 35.5. The number of hydrogen-bond acceptors (Lipinski definition) is 3. The Hall–Kier alpha value is -1.43. The molecule has 0 bridgehead atoms. The molecule has 3 heterocycles. The van der Waals surface area contributed by atoms with Crippen LogP contribution < -0.4 is 5.32 Å². The Labute approximate surface area is 157 Å². The maximum atomic E-state index is 13.1. The van der Waals surface area contributed by atoms with Crippen LogP contribution in [-0.4, -0.2) is 37.0 Å². The monoisotopic (exact) mass is 380 g/mol. The SMILES string of the molecule is Cl.O=C(c1ccc(-c2ccc(F)cc2)s1)N1CC[C@@H]2CNC[C@@H]2CC1. The molecule has 3 nitrogen and oxygen atoms in total. The number of amides is 1. The van der Waals surface area contributed by atoms with Gasteiger partial charge in [0.2, 0.25) is 0 Å². The van der Waals surface area contributed by atoms with Crippen LogP contribution in [0.1, 0.15) is 22.5 Å². The summed E-state index contributed by atoms with van der Waals surface area (Å²) in [6.07, 6.45) is 2.19. The Bertz CT molecular complexity index is 719. The first-order valence-corrected chi connectivity index (χ1v) is 9.38. The van der Waals surface area contributed by atoms with Crippen molar-refractivity contribution in [2.45, 2.75) is 12.8 Å². The van der Waals surface area contributed by atoms with Gasteiger partial charge in [-0.1, -0.05) is 12.1 Å². The first kappa shape index (κ1) is 18.4. The molecule has 0 saturated carbocycles. The minimum Gasteiger partial charge on any atom is -0.338 e. The maximum Gasteiger partial charge on any atom is 0.263 e. The third-order valence-electron chi connectivity index (χ3n) is 5.25. The zero-order valence-electron chi connectivity index (χ0n) is 13.9. The molecule has 1 aromatic carbocycles. The quantitative estimate of drug-likeness (QED) is 0.852. The standard InChI is InChI=1S/C19H21FN2OS.ClH/c20-16-3-1-13(2-4-16)17-5-6-18(24-17)19(23)22-9-7-14-11-21-12-15(14)8-10-22;/h1-6,14-15,21H,7-12H2;1H/t14-,15+;. The molecule has 0 unspecified atom stereocenters. The molecule has 0 spiro atoms. The van der Waals surface area contributed by atoms with Gasteiger partial charge in [-0.15, -0.1) is 23.7 Å². The van der Waals surface area contributed by atoms with Crippen LogP contribution in [0.4, 0.5) is 4.39 Å². The van der Waals surface area contributed by atoms with Gasteiger partial charge in [0.1, 0.15) is 5.82 Å². The van der Waals surface area contributed by atoms with Crippen LogP contribution in [0, 0.1) is 17.7 Å². The Morgan fingerprint density at radius 3 is 2.32 bits per heavy atom. The largest absolute Gasteiger partial charge is 0.338 e. The zero-order chi connectivity index (χ0) is 16.5. The molecule has 2 atom stereocenters. The van der Waals surface area contributed by atoms with E-state index < -0.39 is 0 Å². The second-order valence-electron chi connectivity index (χ2n) is 6.72. The van der Waals surface area contributed by atoms with Gasteiger partial charge in [0.15, 0.2) is 0 Å². The van der Waals surface area contributed by atoms with Crippen LogP contribution in [0.2, 0.25) is 0 Å². The van der Waals surface area contributed by atoms with Crippen LogP contribution in [0.5, 0.6) is 0 Å². The summed E-state index contributed by atoms with van der Waals surface area (Å²) >= 11 is 1.50. The molecule has 2 aromatic rings. The van der Waals surface area contributed by atoms with E-state index in [4.69, 9.17) is 0 Å². The van der Waals surface area contributed by atoms with Gasteiger partial charge >= 0.3 is 0 Å². The summed E-state index contributed by atoms with van der Waals surface area (Å²) in [5, 5.41) is 3.47. The molecule has 2 aliphatic heterocycles. The van der Waals surface area contributed by atoms with E-state index in [0.717, 1.165) is 66.2 Å². The molecule has 134 valence electrons. The van der Waals surface area contributed by atoms with Crippen molar-refractivity contribution < 1.29 is 9.18 Å². The molecule has 1 N–H and O–H groups in total. The van der Waals surface area contributed by atoms with E-state index in [1.807, 2.05) is 17.0 Å². The fourth-order valence-electron chi connectivity index (χ4n) is 3.80. The lowest BCUT2D eigenvalue weighted by atomic mass is 9.92. The highest BCUT2D eigenvalue weighted by Gasteiger charge is 2.31. The van der Waals surface area contributed by atoms with Crippen molar-refractivity contribution in [3.8, 4) is 10.4 Å². The van der Waals surface area contributed by atoms with Crippen molar-refractivity contribution in [1.29, 1.82) is 0 Å². The summed E-state index contributed by atoms with van der Waals surface area (Å²) in [5.74, 6) is 1.35. The zero-order valence-corrected chi connectivity index (χ0v) is 15.5. The number of nitrogens with zero attached hydrogens (tertiary/aromatic N) is 1. The fourth-order valence-corrected chi connectivity index (χ4v) is 4.78. The van der Waals surface area contributed by atoms with Crippen molar-refractivity contribution in [1.82, 2.24) is 10.2 Å². The lowest BCUT2D eigenvalue weighted by molar-refractivity contribution is 0.0763. The summed E-state index contributed by atoms with van der Waals surface area (Å²) in [6.45, 7) is 3.90. The first-order chi connectivity index (χ1) is 11.7. The van der Waals surface area contributed by atoms with Gasteiger partial charge in [0, 0.05) is 18.0 Å². The molecule has 2 saturated heterocycles. The first-order valence-electron chi connectivity index (χ1n) is 8.56. The van der Waals surface area contributed by atoms with Gasteiger partial charge in [-0.25, -0.2) is 4.39 Å². The number of hydrogen-bond donors (Lipinski definition) is 1. The molecule has 4 rings (SSSR count). The molecular weight excluding hydrogens is 359 g/mol. The number of carbonyl (C=O) groups is 1. The van der Waals surface area contributed by atoms with E-state index in [9.17, 15) is 9.18 Å². The molecule has 1 aromatic heterocycles. The van der Waals surface area contributed by atoms with Crippen molar-refractivity contribution in [2.24, 2.45) is 11.8 Å². The van der Waals surface area contributed by atoms with Crippen LogP contribution in [0.3, 0.4) is 0 Å². The molecule has 2 aliphatic rings. The van der Waals surface area contributed by atoms with Gasteiger partial charge in [-0.2, -0.15) is 0 Å². The minimum atomic E-state index is -0.240. The number of likely N-dealkylation sites (tertiary alicyclic amines) is 1. The summed E-state index contributed by atoms with van der Waals surface area (Å²) in [4.78, 5) is 16.6. The van der Waals surface area contributed by atoms with Gasteiger partial charge in [-0.05, 0) is 67.6 Å². The summed E-state index contributed by atoms with van der Waals surface area (Å²) in [5.41, 5.74) is 0.955. The molecule has 1 amide bonds. The molecule has 25 heavy (non-hydrogen) atoms. The van der Waals surface area contributed by atoms with E-state index in [-0.39, 0.29) is 24.1 Å². The molecule has 0 aliphatic carbocycles. The van der Waals surface area contributed by atoms with Crippen molar-refractivity contribution in [3.05, 3.63) is 47.1 Å². The van der Waals surface area contributed by atoms with Gasteiger partial charge in [0.25, 0.3) is 5.91 Å². The van der Waals surface area contributed by atoms with Crippen LogP contribution in [0.25, 0.3) is 10.4 Å². The number of carbonyl (C=O) groups excluding carboxylic acids is 1. The van der Waals surface area contributed by atoms with Crippen molar-refractivity contribution >= 4 is 29.7 Å². The normalized spacial score (nSPS) is 22.8. The van der Waals surface area contributed by atoms with Crippen LogP contribution in [0.15, 0.2) is 36.4 Å². The lowest BCUT2D eigenvalue weighted by Gasteiger charge is -2.20. The Morgan fingerprint density at radius 1 is 1.04 bits per heavy atom. The topological polar surface area (TPSA) is 32.3 Å². The van der Waals surface area contributed by atoms with Crippen molar-refractivity contribution in [2.75, 3.05) is 26.2 Å². The Kier molecular flexibility index (Phi) is 5.77. The highest BCUT2D eigenvalue weighted by molar-refractivity contribution is 7.17. The predicted octanol–water partition coefficient (Wildman–Crippen LogP) is 4.05. The van der Waals surface area contributed by atoms with Gasteiger partial charge in [-0.3, -0.25) is 4.79 Å². The second kappa shape index (κ2) is 7.85. The Morgan fingerprint density at radius 2 is 1.68 bits per heavy atom. The predicted molar refractivity (Wildman–Crippen MR) is 102 cm³/mol. The maximum absolute atomic E-state index is 13.1. The average molecular weight is 381 g/mol. The molecule has 2 fully saturated rings. The average Bonchev–Trinajstić information content (AvgIpc) is 3.21. The van der Waals surface area contributed by atoms with E-state index >= 15 is 0 Å². The summed E-state index contributed by atoms with van der Waals surface area (Å²) < 4.78 is 13.1. The fraction of sp³-hybridized carbons (Fsp3) is 0.421. The third-order valence-corrected chi connectivity index (χ3v) is 6.37. The van der Waals surface area contributed by atoms with Crippen LogP contribution >= 0.6 is 23.7 Å². The summed E-state index contributed by atoms with van der Waals surface area (Å²) in [7, 11) is 0. The van der Waals surface area contributed by atoms with E-state index in [0.29, 0.717) is 0 Å². The molecule has 0 radical (unpaired) electrons. The second-order valence-corrected chi connectivity index (χ2v) is 7.80.